The third-order valence-electron chi connectivity index (χ3n) is 10.1. The second-order valence-corrected chi connectivity index (χ2v) is 16.0. The standard InChI is InChI=1S/C56H90O6/c1-4-7-10-13-16-19-22-25-27-29-31-34-37-40-43-46-49-55(58)61-52-53(51-60-54(57)48-45-42-39-36-33-30-24-21-18-15-12-9-6-3)62-56(59)50-47-44-41-38-35-32-28-26-23-20-17-14-11-8-5-2/h7-8,10-11,14,16-17,19-20,23,25,27,30-31,33-34,40,43,53H,4-6,9,12-13,15,18,21-22,24,26,28-29,32,35-39,41-42,44-52H2,1-3H3/b10-7-,11-8-,17-14-,19-16-,23-20-,27-25-,33-30-,34-31-,43-40-. The van der Waals surface area contributed by atoms with Gasteiger partial charge in [-0.05, 0) is 96.3 Å². The molecule has 1 unspecified atom stereocenters. The van der Waals surface area contributed by atoms with Crippen LogP contribution in [0.5, 0.6) is 0 Å². The molecule has 0 radical (unpaired) electrons. The molecule has 0 aromatic rings. The highest BCUT2D eigenvalue weighted by atomic mass is 16.6. The molecule has 0 aromatic carbocycles. The van der Waals surface area contributed by atoms with Crippen molar-refractivity contribution in [3.63, 3.8) is 0 Å². The van der Waals surface area contributed by atoms with Crippen LogP contribution in [0.2, 0.25) is 0 Å². The van der Waals surface area contributed by atoms with Crippen LogP contribution in [0, 0.1) is 0 Å². The van der Waals surface area contributed by atoms with Gasteiger partial charge in [0.05, 0.1) is 0 Å². The van der Waals surface area contributed by atoms with E-state index in [0.29, 0.717) is 19.3 Å². The van der Waals surface area contributed by atoms with Crippen molar-refractivity contribution in [3.05, 3.63) is 109 Å². The number of hydrogen-bond acceptors (Lipinski definition) is 6. The summed E-state index contributed by atoms with van der Waals surface area (Å²) < 4.78 is 16.7. The fraction of sp³-hybridized carbons (Fsp3) is 0.625. The number of hydrogen-bond donors (Lipinski definition) is 0. The summed E-state index contributed by atoms with van der Waals surface area (Å²) in [6.45, 7) is 6.28. The molecule has 0 spiro atoms. The van der Waals surface area contributed by atoms with Crippen LogP contribution in [0.1, 0.15) is 207 Å². The lowest BCUT2D eigenvalue weighted by Gasteiger charge is -2.18. The van der Waals surface area contributed by atoms with Gasteiger partial charge in [-0.2, -0.15) is 0 Å². The minimum atomic E-state index is -0.821. The maximum absolute atomic E-state index is 12.8. The van der Waals surface area contributed by atoms with Crippen LogP contribution < -0.4 is 0 Å². The highest BCUT2D eigenvalue weighted by Gasteiger charge is 2.19. The molecule has 0 aliphatic rings. The highest BCUT2D eigenvalue weighted by molar-refractivity contribution is 5.71. The van der Waals surface area contributed by atoms with Gasteiger partial charge in [0, 0.05) is 19.3 Å². The quantitative estimate of drug-likeness (QED) is 0.0200. The number of esters is 3. The molecular formula is C56H90O6. The average Bonchev–Trinajstić information content (AvgIpc) is 3.27. The first-order chi connectivity index (χ1) is 30.5. The Bertz CT molecular complexity index is 1310. The van der Waals surface area contributed by atoms with Gasteiger partial charge < -0.3 is 14.2 Å². The number of ether oxygens (including phenoxy) is 3. The predicted molar refractivity (Wildman–Crippen MR) is 265 cm³/mol. The summed E-state index contributed by atoms with van der Waals surface area (Å²) >= 11 is 0. The molecule has 6 heteroatoms. The number of unbranched alkanes of at least 4 members (excludes halogenated alkanes) is 16. The first kappa shape index (κ1) is 58.1. The zero-order valence-corrected chi connectivity index (χ0v) is 39.8. The van der Waals surface area contributed by atoms with Gasteiger partial charge in [-0.1, -0.05) is 201 Å². The lowest BCUT2D eigenvalue weighted by Crippen LogP contribution is -2.30. The van der Waals surface area contributed by atoms with Gasteiger partial charge in [-0.3, -0.25) is 14.4 Å². The molecule has 0 fully saturated rings. The fourth-order valence-electron chi connectivity index (χ4n) is 6.37. The molecule has 0 amide bonds. The van der Waals surface area contributed by atoms with E-state index in [9.17, 15) is 14.4 Å². The van der Waals surface area contributed by atoms with E-state index in [0.717, 1.165) is 103 Å². The van der Waals surface area contributed by atoms with Crippen molar-refractivity contribution in [1.82, 2.24) is 0 Å². The largest absolute Gasteiger partial charge is 0.462 e. The Balaban J connectivity index is 4.55. The Morgan fingerprint density at radius 2 is 0.742 bits per heavy atom. The maximum atomic E-state index is 12.8. The summed E-state index contributed by atoms with van der Waals surface area (Å²) in [5.74, 6) is -1.04. The van der Waals surface area contributed by atoms with E-state index in [1.807, 2.05) is 12.2 Å². The molecule has 1 atom stereocenters. The van der Waals surface area contributed by atoms with E-state index in [4.69, 9.17) is 14.2 Å². The molecule has 0 aromatic heterocycles. The lowest BCUT2D eigenvalue weighted by atomic mass is 10.1. The summed E-state index contributed by atoms with van der Waals surface area (Å²) in [6, 6.07) is 0. The summed E-state index contributed by atoms with van der Waals surface area (Å²) in [5.41, 5.74) is 0. The van der Waals surface area contributed by atoms with E-state index >= 15 is 0 Å². The van der Waals surface area contributed by atoms with Crippen LogP contribution >= 0.6 is 0 Å². The third-order valence-corrected chi connectivity index (χ3v) is 10.1. The van der Waals surface area contributed by atoms with Crippen molar-refractivity contribution in [1.29, 1.82) is 0 Å². The van der Waals surface area contributed by atoms with E-state index < -0.39 is 6.10 Å². The minimum absolute atomic E-state index is 0.116. The highest BCUT2D eigenvalue weighted by Crippen LogP contribution is 2.13. The first-order valence-corrected chi connectivity index (χ1v) is 24.9. The summed E-state index contributed by atoms with van der Waals surface area (Å²) in [4.78, 5) is 37.9. The smallest absolute Gasteiger partial charge is 0.306 e. The molecule has 62 heavy (non-hydrogen) atoms. The Kier molecular flexibility index (Phi) is 46.6. The zero-order valence-electron chi connectivity index (χ0n) is 39.8. The Labute approximate surface area is 380 Å². The molecule has 6 nitrogen and oxygen atoms in total. The monoisotopic (exact) mass is 859 g/mol. The van der Waals surface area contributed by atoms with Crippen LogP contribution in [0.4, 0.5) is 0 Å². The van der Waals surface area contributed by atoms with Crippen molar-refractivity contribution < 1.29 is 28.6 Å². The van der Waals surface area contributed by atoms with Gasteiger partial charge in [0.2, 0.25) is 0 Å². The van der Waals surface area contributed by atoms with Gasteiger partial charge in [0.15, 0.2) is 6.10 Å². The Morgan fingerprint density at radius 1 is 0.355 bits per heavy atom. The predicted octanol–water partition coefficient (Wildman–Crippen LogP) is 16.4. The number of rotatable bonds is 43. The number of allylic oxidation sites excluding steroid dienone is 18. The van der Waals surface area contributed by atoms with Gasteiger partial charge in [0.25, 0.3) is 0 Å². The molecule has 0 bridgehead atoms. The topological polar surface area (TPSA) is 78.9 Å². The van der Waals surface area contributed by atoms with Crippen LogP contribution in [-0.2, 0) is 28.6 Å². The van der Waals surface area contributed by atoms with E-state index in [1.165, 1.54) is 57.8 Å². The molecule has 350 valence electrons. The normalized spacial score (nSPS) is 13.0. The SMILES string of the molecule is CC\C=C/C=C\C=C/CCCCCCCCCC(=O)OC(COC(=O)CC/C=C\C/C=C\C/C=C\C/C=C\C/C=C\CC)COC(=O)CCCCC/C=C\CCCCCCCC. The van der Waals surface area contributed by atoms with Crippen molar-refractivity contribution in [2.45, 2.75) is 213 Å². The van der Waals surface area contributed by atoms with Crippen LogP contribution in [-0.4, -0.2) is 37.2 Å². The first-order valence-electron chi connectivity index (χ1n) is 24.9. The van der Waals surface area contributed by atoms with Crippen LogP contribution in [0.15, 0.2) is 109 Å². The zero-order chi connectivity index (χ0) is 45.1. The molecular weight excluding hydrogens is 769 g/mol. The summed E-state index contributed by atoms with van der Waals surface area (Å²) in [5, 5.41) is 0. The van der Waals surface area contributed by atoms with E-state index in [1.54, 1.807) is 0 Å². The lowest BCUT2D eigenvalue weighted by molar-refractivity contribution is -0.166. The van der Waals surface area contributed by atoms with Gasteiger partial charge in [0.1, 0.15) is 13.2 Å². The third kappa shape index (κ3) is 47.1. The Morgan fingerprint density at radius 3 is 1.27 bits per heavy atom. The molecule has 0 saturated heterocycles. The molecule has 0 heterocycles. The number of carbonyl (C=O) groups excluding carboxylic acids is 3. The van der Waals surface area contributed by atoms with Crippen molar-refractivity contribution >= 4 is 17.9 Å². The second kappa shape index (κ2) is 49.7. The number of carbonyl (C=O) groups is 3. The van der Waals surface area contributed by atoms with Crippen molar-refractivity contribution in [2.75, 3.05) is 13.2 Å². The van der Waals surface area contributed by atoms with Gasteiger partial charge in [-0.15, -0.1) is 0 Å². The fourth-order valence-corrected chi connectivity index (χ4v) is 6.37. The van der Waals surface area contributed by atoms with Crippen LogP contribution in [0.25, 0.3) is 0 Å². The Hall–Kier alpha value is -3.93. The average molecular weight is 859 g/mol. The second-order valence-electron chi connectivity index (χ2n) is 16.0. The molecule has 0 aliphatic carbocycles. The maximum Gasteiger partial charge on any atom is 0.306 e. The van der Waals surface area contributed by atoms with Crippen LogP contribution in [0.3, 0.4) is 0 Å². The van der Waals surface area contributed by atoms with Crippen molar-refractivity contribution in [3.8, 4) is 0 Å². The molecule has 0 saturated carbocycles. The summed E-state index contributed by atoms with van der Waals surface area (Å²) in [7, 11) is 0. The molecule has 0 rings (SSSR count). The van der Waals surface area contributed by atoms with Crippen molar-refractivity contribution in [2.24, 2.45) is 0 Å². The van der Waals surface area contributed by atoms with E-state index in [2.05, 4.69) is 118 Å². The molecule has 0 aliphatic heterocycles. The molecule has 0 N–H and O–H groups in total. The summed E-state index contributed by atoms with van der Waals surface area (Å²) in [6.07, 6.45) is 66.5. The van der Waals surface area contributed by atoms with Gasteiger partial charge >= 0.3 is 17.9 Å². The minimum Gasteiger partial charge on any atom is -0.462 e. The van der Waals surface area contributed by atoms with E-state index in [-0.39, 0.29) is 37.5 Å². The van der Waals surface area contributed by atoms with Gasteiger partial charge in [-0.25, -0.2) is 0 Å².